The quantitative estimate of drug-likeness (QED) is 0.755. The van der Waals surface area contributed by atoms with E-state index in [-0.39, 0.29) is 17.7 Å². The van der Waals surface area contributed by atoms with Crippen LogP contribution in [0.5, 0.6) is 5.75 Å². The number of hydrogen-bond acceptors (Lipinski definition) is 5. The highest BCUT2D eigenvalue weighted by Gasteiger charge is 2.13. The molecule has 0 radical (unpaired) electrons. The number of aromatic nitrogens is 1. The molecule has 0 aliphatic rings. The van der Waals surface area contributed by atoms with Gasteiger partial charge in [0.2, 0.25) is 0 Å². The average molecular weight is 340 g/mol. The number of nitriles is 1. The van der Waals surface area contributed by atoms with Crippen molar-refractivity contribution in [1.82, 2.24) is 4.57 Å². The van der Waals surface area contributed by atoms with Crippen molar-refractivity contribution >= 4 is 5.97 Å². The summed E-state index contributed by atoms with van der Waals surface area (Å²) in [6.45, 7) is 4.94. The molecule has 1 heterocycles. The highest BCUT2D eigenvalue weighted by Crippen LogP contribution is 2.15. The molecule has 0 saturated heterocycles. The third-order valence-corrected chi connectivity index (χ3v) is 3.46. The maximum absolute atomic E-state index is 12.3. The lowest BCUT2D eigenvalue weighted by Gasteiger charge is -2.12. The molecule has 0 unspecified atom stereocenters. The summed E-state index contributed by atoms with van der Waals surface area (Å²) in [5.74, 6) is 0.518. The van der Waals surface area contributed by atoms with E-state index in [0.717, 1.165) is 5.56 Å². The van der Waals surface area contributed by atoms with E-state index in [4.69, 9.17) is 10.00 Å². The zero-order valence-corrected chi connectivity index (χ0v) is 14.5. The van der Waals surface area contributed by atoms with Crippen LogP contribution < -0.4 is 10.3 Å². The van der Waals surface area contributed by atoms with Crippen LogP contribution in [0, 0.1) is 17.2 Å². The molecule has 0 aliphatic carbocycles. The van der Waals surface area contributed by atoms with E-state index in [1.54, 1.807) is 0 Å². The van der Waals surface area contributed by atoms with Crippen molar-refractivity contribution in [3.63, 3.8) is 0 Å². The molecule has 0 atom stereocenters. The van der Waals surface area contributed by atoms with Gasteiger partial charge in [0.15, 0.2) is 0 Å². The Balaban J connectivity index is 2.34. The Morgan fingerprint density at radius 2 is 2.08 bits per heavy atom. The fourth-order valence-corrected chi connectivity index (χ4v) is 2.26. The van der Waals surface area contributed by atoms with Gasteiger partial charge >= 0.3 is 5.97 Å². The Bertz CT molecular complexity index is 862. The number of ether oxygens (including phenoxy) is 2. The SMILES string of the molecule is COC(=O)c1cc(C#N)c(=O)n(Cc2cccc(OCC(C)C)c2)c1. The van der Waals surface area contributed by atoms with Crippen LogP contribution in [0.2, 0.25) is 0 Å². The van der Waals surface area contributed by atoms with Crippen LogP contribution in [0.3, 0.4) is 0 Å². The van der Waals surface area contributed by atoms with Gasteiger partial charge in [-0.25, -0.2) is 4.79 Å². The van der Waals surface area contributed by atoms with Gasteiger partial charge in [-0.15, -0.1) is 0 Å². The first-order valence-electron chi connectivity index (χ1n) is 7.89. The average Bonchev–Trinajstić information content (AvgIpc) is 2.61. The van der Waals surface area contributed by atoms with Gasteiger partial charge in [0, 0.05) is 6.20 Å². The second-order valence-electron chi connectivity index (χ2n) is 6.03. The Labute approximate surface area is 146 Å². The second-order valence-corrected chi connectivity index (χ2v) is 6.03. The highest BCUT2D eigenvalue weighted by atomic mass is 16.5. The first-order valence-corrected chi connectivity index (χ1v) is 7.89. The third kappa shape index (κ3) is 4.70. The van der Waals surface area contributed by atoms with Crippen molar-refractivity contribution < 1.29 is 14.3 Å². The second kappa shape index (κ2) is 8.15. The van der Waals surface area contributed by atoms with Crippen LogP contribution in [-0.4, -0.2) is 24.3 Å². The van der Waals surface area contributed by atoms with Crippen molar-refractivity contribution in [2.75, 3.05) is 13.7 Å². The molecule has 0 bridgehead atoms. The summed E-state index contributed by atoms with van der Waals surface area (Å²) in [5, 5.41) is 9.12. The van der Waals surface area contributed by atoms with Crippen molar-refractivity contribution in [1.29, 1.82) is 5.26 Å². The van der Waals surface area contributed by atoms with Crippen LogP contribution >= 0.6 is 0 Å². The Morgan fingerprint density at radius 1 is 1.32 bits per heavy atom. The molecule has 2 rings (SSSR count). The van der Waals surface area contributed by atoms with Crippen LogP contribution in [-0.2, 0) is 11.3 Å². The number of carbonyl (C=O) groups excluding carboxylic acids is 1. The summed E-state index contributed by atoms with van der Waals surface area (Å²) in [6, 6.07) is 10.4. The number of benzene rings is 1. The number of methoxy groups -OCH3 is 1. The topological polar surface area (TPSA) is 81.3 Å². The monoisotopic (exact) mass is 340 g/mol. The molecule has 0 saturated carbocycles. The normalized spacial score (nSPS) is 10.4. The van der Waals surface area contributed by atoms with Gasteiger partial charge in [0.05, 0.1) is 25.8 Å². The standard InChI is InChI=1S/C19H20N2O4/c1-13(2)12-25-17-6-4-5-14(7-17)10-21-11-16(19(23)24-3)8-15(9-20)18(21)22/h4-8,11,13H,10,12H2,1-3H3. The lowest BCUT2D eigenvalue weighted by molar-refractivity contribution is 0.0599. The minimum atomic E-state index is -0.598. The minimum absolute atomic E-state index is 0.102. The fraction of sp³-hybridized carbons (Fsp3) is 0.316. The summed E-state index contributed by atoms with van der Waals surface area (Å²) in [6.07, 6.45) is 1.40. The fourth-order valence-electron chi connectivity index (χ4n) is 2.26. The van der Waals surface area contributed by atoms with Crippen molar-refractivity contribution in [3.8, 4) is 11.8 Å². The molecule has 0 amide bonds. The number of carbonyl (C=O) groups is 1. The van der Waals surface area contributed by atoms with Crippen molar-refractivity contribution in [3.05, 3.63) is 63.6 Å². The molecule has 0 spiro atoms. The summed E-state index contributed by atoms with van der Waals surface area (Å²) >= 11 is 0. The first kappa shape index (κ1) is 18.3. The molecule has 1 aromatic heterocycles. The predicted molar refractivity (Wildman–Crippen MR) is 92.6 cm³/mol. The summed E-state index contributed by atoms with van der Waals surface area (Å²) in [7, 11) is 1.25. The van der Waals surface area contributed by atoms with Crippen LogP contribution in [0.4, 0.5) is 0 Å². The molecule has 0 aliphatic heterocycles. The van der Waals surface area contributed by atoms with Crippen LogP contribution in [0.1, 0.15) is 35.3 Å². The molecular formula is C19H20N2O4. The van der Waals surface area contributed by atoms with Crippen LogP contribution in [0.15, 0.2) is 41.3 Å². The van der Waals surface area contributed by atoms with E-state index in [1.165, 1.54) is 23.9 Å². The summed E-state index contributed by atoms with van der Waals surface area (Å²) in [4.78, 5) is 24.1. The molecule has 6 heteroatoms. The zero-order chi connectivity index (χ0) is 18.4. The summed E-state index contributed by atoms with van der Waals surface area (Å²) in [5.41, 5.74) is 0.430. The maximum atomic E-state index is 12.3. The predicted octanol–water partition coefficient (Wildman–Crippen LogP) is 2.59. The Kier molecular flexibility index (Phi) is 5.96. The van der Waals surface area contributed by atoms with E-state index in [1.807, 2.05) is 30.3 Å². The molecule has 2 aromatic rings. The van der Waals surface area contributed by atoms with Gasteiger partial charge in [-0.2, -0.15) is 5.26 Å². The molecule has 6 nitrogen and oxygen atoms in total. The number of pyridine rings is 1. The van der Waals surface area contributed by atoms with Crippen molar-refractivity contribution in [2.24, 2.45) is 5.92 Å². The van der Waals surface area contributed by atoms with Gasteiger partial charge in [0.25, 0.3) is 5.56 Å². The molecule has 130 valence electrons. The van der Waals surface area contributed by atoms with Crippen molar-refractivity contribution in [2.45, 2.75) is 20.4 Å². The van der Waals surface area contributed by atoms with Gasteiger partial charge in [-0.1, -0.05) is 26.0 Å². The van der Waals surface area contributed by atoms with E-state index >= 15 is 0 Å². The lowest BCUT2D eigenvalue weighted by Crippen LogP contribution is -2.24. The first-order chi connectivity index (χ1) is 11.9. The number of hydrogen-bond donors (Lipinski definition) is 0. The zero-order valence-electron chi connectivity index (χ0n) is 14.5. The Hall–Kier alpha value is -3.07. The molecule has 0 fully saturated rings. The van der Waals surface area contributed by atoms with Gasteiger partial charge in [-0.3, -0.25) is 4.79 Å². The van der Waals surface area contributed by atoms with Crippen LogP contribution in [0.25, 0.3) is 0 Å². The van der Waals surface area contributed by atoms with Gasteiger partial charge < -0.3 is 14.0 Å². The molecule has 0 N–H and O–H groups in total. The molecular weight excluding hydrogens is 320 g/mol. The van der Waals surface area contributed by atoms with Gasteiger partial charge in [-0.05, 0) is 29.7 Å². The minimum Gasteiger partial charge on any atom is -0.493 e. The Morgan fingerprint density at radius 3 is 2.72 bits per heavy atom. The highest BCUT2D eigenvalue weighted by molar-refractivity contribution is 5.89. The molecule has 1 aromatic carbocycles. The number of nitrogens with zero attached hydrogens (tertiary/aromatic N) is 2. The third-order valence-electron chi connectivity index (χ3n) is 3.46. The molecule has 25 heavy (non-hydrogen) atoms. The maximum Gasteiger partial charge on any atom is 0.339 e. The summed E-state index contributed by atoms with van der Waals surface area (Å²) < 4.78 is 11.7. The van der Waals surface area contributed by atoms with E-state index < -0.39 is 11.5 Å². The van der Waals surface area contributed by atoms with E-state index in [9.17, 15) is 9.59 Å². The van der Waals surface area contributed by atoms with E-state index in [2.05, 4.69) is 18.6 Å². The smallest absolute Gasteiger partial charge is 0.339 e. The largest absolute Gasteiger partial charge is 0.493 e. The van der Waals surface area contributed by atoms with Gasteiger partial charge in [0.1, 0.15) is 17.4 Å². The number of rotatable bonds is 6. The lowest BCUT2D eigenvalue weighted by atomic mass is 10.1. The number of esters is 1. The van der Waals surface area contributed by atoms with E-state index in [0.29, 0.717) is 18.3 Å².